The average molecular weight is 458 g/mol. The quantitative estimate of drug-likeness (QED) is 0.279. The van der Waals surface area contributed by atoms with E-state index in [1.807, 2.05) is 11.3 Å². The van der Waals surface area contributed by atoms with Crippen LogP contribution in [0.3, 0.4) is 0 Å². The third-order valence-corrected chi connectivity index (χ3v) is 7.84. The SMILES string of the molecule is CC(C)(C)c1cccc2c1sc1c(Nc3ccc(-c4ccccc4)cc3)cc3ccccc3c12. The monoisotopic (exact) mass is 457 g/mol. The van der Waals surface area contributed by atoms with Crippen molar-refractivity contribution in [2.45, 2.75) is 26.2 Å². The van der Waals surface area contributed by atoms with E-state index in [0.717, 1.165) is 5.69 Å². The normalized spacial score (nSPS) is 12.0. The van der Waals surface area contributed by atoms with Crippen molar-refractivity contribution in [2.24, 2.45) is 0 Å². The maximum Gasteiger partial charge on any atom is 0.0597 e. The number of thiophene rings is 1. The van der Waals surface area contributed by atoms with E-state index in [0.29, 0.717) is 0 Å². The van der Waals surface area contributed by atoms with Crippen LogP contribution in [0.2, 0.25) is 0 Å². The van der Waals surface area contributed by atoms with Crippen LogP contribution in [0.4, 0.5) is 11.4 Å². The maximum atomic E-state index is 3.75. The van der Waals surface area contributed by atoms with Gasteiger partial charge in [0.15, 0.2) is 0 Å². The van der Waals surface area contributed by atoms with Crippen LogP contribution in [0.5, 0.6) is 0 Å². The standard InChI is InChI=1S/C32H27NS/c1-32(2,3)27-15-9-14-26-29-25-13-8-7-12-23(25)20-28(31(29)34-30(26)27)33-24-18-16-22(17-19-24)21-10-5-4-6-11-21/h4-20,33H,1-3H3. The van der Waals surface area contributed by atoms with Crippen molar-refractivity contribution in [1.29, 1.82) is 0 Å². The van der Waals surface area contributed by atoms with Crippen LogP contribution >= 0.6 is 11.3 Å². The molecule has 1 heterocycles. The highest BCUT2D eigenvalue weighted by molar-refractivity contribution is 7.26. The number of anilines is 2. The van der Waals surface area contributed by atoms with Crippen LogP contribution in [0.15, 0.2) is 103 Å². The highest BCUT2D eigenvalue weighted by atomic mass is 32.1. The van der Waals surface area contributed by atoms with Crippen LogP contribution in [0, 0.1) is 0 Å². The molecule has 0 aliphatic carbocycles. The van der Waals surface area contributed by atoms with Crippen molar-refractivity contribution >= 4 is 53.7 Å². The molecule has 166 valence electrons. The summed E-state index contributed by atoms with van der Waals surface area (Å²) in [7, 11) is 0. The fourth-order valence-corrected chi connectivity index (χ4v) is 6.37. The van der Waals surface area contributed by atoms with Crippen LogP contribution in [0.25, 0.3) is 42.1 Å². The van der Waals surface area contributed by atoms with E-state index in [9.17, 15) is 0 Å². The Morgan fingerprint density at radius 2 is 1.29 bits per heavy atom. The van der Waals surface area contributed by atoms with Gasteiger partial charge < -0.3 is 5.32 Å². The van der Waals surface area contributed by atoms with E-state index in [4.69, 9.17) is 0 Å². The molecular weight excluding hydrogens is 430 g/mol. The summed E-state index contributed by atoms with van der Waals surface area (Å²) >= 11 is 1.91. The Labute approximate surface area is 204 Å². The zero-order valence-electron chi connectivity index (χ0n) is 19.7. The van der Waals surface area contributed by atoms with Gasteiger partial charge in [-0.25, -0.2) is 0 Å². The molecule has 0 saturated heterocycles. The summed E-state index contributed by atoms with van der Waals surface area (Å²) in [6, 6.07) is 37.1. The molecule has 0 spiro atoms. The van der Waals surface area contributed by atoms with Crippen LogP contribution in [0.1, 0.15) is 26.3 Å². The van der Waals surface area contributed by atoms with E-state index in [1.165, 1.54) is 53.3 Å². The van der Waals surface area contributed by atoms with Gasteiger partial charge in [0.1, 0.15) is 0 Å². The topological polar surface area (TPSA) is 12.0 Å². The number of hydrogen-bond donors (Lipinski definition) is 1. The molecule has 6 aromatic rings. The van der Waals surface area contributed by atoms with Gasteiger partial charge in [-0.15, -0.1) is 11.3 Å². The van der Waals surface area contributed by atoms with Crippen molar-refractivity contribution in [1.82, 2.24) is 0 Å². The number of nitrogens with one attached hydrogen (secondary N) is 1. The average Bonchev–Trinajstić information content (AvgIpc) is 3.25. The van der Waals surface area contributed by atoms with Gasteiger partial charge in [-0.3, -0.25) is 0 Å². The molecule has 5 aromatic carbocycles. The van der Waals surface area contributed by atoms with Gasteiger partial charge in [0.2, 0.25) is 0 Å². The highest BCUT2D eigenvalue weighted by Gasteiger charge is 2.21. The fraction of sp³-hybridized carbons (Fsp3) is 0.125. The van der Waals surface area contributed by atoms with Gasteiger partial charge in [-0.05, 0) is 51.1 Å². The molecule has 0 radical (unpaired) electrons. The zero-order valence-corrected chi connectivity index (χ0v) is 20.5. The summed E-state index contributed by atoms with van der Waals surface area (Å²) < 4.78 is 2.71. The first-order chi connectivity index (χ1) is 16.5. The van der Waals surface area contributed by atoms with E-state index < -0.39 is 0 Å². The number of hydrogen-bond acceptors (Lipinski definition) is 2. The number of rotatable bonds is 3. The Bertz CT molecular complexity index is 1630. The lowest BCUT2D eigenvalue weighted by atomic mass is 9.86. The lowest BCUT2D eigenvalue weighted by Crippen LogP contribution is -2.10. The number of benzene rings is 5. The van der Waals surface area contributed by atoms with Gasteiger partial charge in [0.05, 0.1) is 10.4 Å². The second-order valence-corrected chi connectivity index (χ2v) is 11.0. The molecule has 0 unspecified atom stereocenters. The van der Waals surface area contributed by atoms with Crippen molar-refractivity contribution in [2.75, 3.05) is 5.32 Å². The first-order valence-electron chi connectivity index (χ1n) is 11.8. The minimum absolute atomic E-state index is 0.0943. The first kappa shape index (κ1) is 20.9. The molecule has 6 rings (SSSR count). The van der Waals surface area contributed by atoms with Crippen molar-refractivity contribution in [3.8, 4) is 11.1 Å². The van der Waals surface area contributed by atoms with Crippen LogP contribution < -0.4 is 5.32 Å². The third-order valence-electron chi connectivity index (χ3n) is 6.57. The molecule has 0 aliphatic rings. The smallest absolute Gasteiger partial charge is 0.0597 e. The molecule has 2 heteroatoms. The van der Waals surface area contributed by atoms with E-state index in [1.54, 1.807) is 0 Å². The Hall–Kier alpha value is -3.62. The minimum atomic E-state index is 0.0943. The minimum Gasteiger partial charge on any atom is -0.354 e. The second kappa shape index (κ2) is 8.00. The summed E-state index contributed by atoms with van der Waals surface area (Å²) in [4.78, 5) is 0. The lowest BCUT2D eigenvalue weighted by Gasteiger charge is -2.19. The van der Waals surface area contributed by atoms with Crippen LogP contribution in [-0.2, 0) is 5.41 Å². The molecule has 0 atom stereocenters. The van der Waals surface area contributed by atoms with E-state index in [-0.39, 0.29) is 5.41 Å². The molecule has 1 aromatic heterocycles. The molecular formula is C32H27NS. The fourth-order valence-electron chi connectivity index (χ4n) is 4.86. The van der Waals surface area contributed by atoms with Crippen molar-refractivity contribution < 1.29 is 0 Å². The number of fused-ring (bicyclic) bond motifs is 5. The molecule has 1 nitrogen and oxygen atoms in total. The second-order valence-electron chi connectivity index (χ2n) is 9.95. The largest absolute Gasteiger partial charge is 0.354 e. The Kier molecular flexibility index (Phi) is 4.93. The van der Waals surface area contributed by atoms with E-state index in [2.05, 4.69) is 129 Å². The Balaban J connectivity index is 1.53. The van der Waals surface area contributed by atoms with Gasteiger partial charge in [0.25, 0.3) is 0 Å². The molecule has 0 aliphatic heterocycles. The molecule has 0 bridgehead atoms. The van der Waals surface area contributed by atoms with Crippen molar-refractivity contribution in [3.05, 3.63) is 109 Å². The van der Waals surface area contributed by atoms with Gasteiger partial charge in [-0.2, -0.15) is 0 Å². The van der Waals surface area contributed by atoms with E-state index >= 15 is 0 Å². The Morgan fingerprint density at radius 3 is 2.06 bits per heavy atom. The third kappa shape index (κ3) is 3.55. The molecule has 0 saturated carbocycles. The molecule has 0 fully saturated rings. The molecule has 1 N–H and O–H groups in total. The Morgan fingerprint density at radius 1 is 0.618 bits per heavy atom. The first-order valence-corrected chi connectivity index (χ1v) is 12.6. The summed E-state index contributed by atoms with van der Waals surface area (Å²) in [6.45, 7) is 6.91. The van der Waals surface area contributed by atoms with Gasteiger partial charge in [-0.1, -0.05) is 106 Å². The molecule has 34 heavy (non-hydrogen) atoms. The van der Waals surface area contributed by atoms with Gasteiger partial charge >= 0.3 is 0 Å². The zero-order chi connectivity index (χ0) is 23.3. The predicted molar refractivity (Wildman–Crippen MR) is 151 cm³/mol. The molecule has 0 amide bonds. The lowest BCUT2D eigenvalue weighted by molar-refractivity contribution is 0.597. The van der Waals surface area contributed by atoms with Crippen molar-refractivity contribution in [3.63, 3.8) is 0 Å². The van der Waals surface area contributed by atoms with Gasteiger partial charge in [0, 0.05) is 21.2 Å². The highest BCUT2D eigenvalue weighted by Crippen LogP contribution is 2.46. The predicted octanol–water partition coefficient (Wildman–Crippen LogP) is 9.92. The van der Waals surface area contributed by atoms with Crippen LogP contribution in [-0.4, -0.2) is 0 Å². The maximum absolute atomic E-state index is 3.75. The summed E-state index contributed by atoms with van der Waals surface area (Å²) in [6.07, 6.45) is 0. The summed E-state index contributed by atoms with van der Waals surface area (Å²) in [5.74, 6) is 0. The summed E-state index contributed by atoms with van der Waals surface area (Å²) in [5.41, 5.74) is 6.24. The summed E-state index contributed by atoms with van der Waals surface area (Å²) in [5, 5.41) is 9.04.